The summed E-state index contributed by atoms with van der Waals surface area (Å²) in [6.45, 7) is 0. The van der Waals surface area contributed by atoms with Crippen molar-refractivity contribution in [3.63, 3.8) is 0 Å². The number of aromatic nitrogens is 4. The molecule has 0 aliphatic heterocycles. The number of hydrogen-bond acceptors (Lipinski definition) is 4. The summed E-state index contributed by atoms with van der Waals surface area (Å²) in [6.07, 6.45) is 1.84. The first-order chi connectivity index (χ1) is 31.7. The molecule has 0 saturated heterocycles. The quantitative estimate of drug-likeness (QED) is 0.150. The highest BCUT2D eigenvalue weighted by Gasteiger charge is 2.20. The van der Waals surface area contributed by atoms with E-state index in [0.29, 0.717) is 17.5 Å². The van der Waals surface area contributed by atoms with Gasteiger partial charge in [0.25, 0.3) is 0 Å². The lowest BCUT2D eigenvalue weighted by molar-refractivity contribution is 1.08. The fraction of sp³-hybridized carbons (Fsp3) is 0. The van der Waals surface area contributed by atoms with Gasteiger partial charge in [0.05, 0.1) is 5.69 Å². The van der Waals surface area contributed by atoms with Gasteiger partial charge in [0, 0.05) is 28.5 Å². The van der Waals surface area contributed by atoms with E-state index in [0.717, 1.165) is 66.4 Å². The molecule has 0 saturated carbocycles. The van der Waals surface area contributed by atoms with Crippen LogP contribution < -0.4 is 0 Å². The van der Waals surface area contributed by atoms with Gasteiger partial charge in [-0.15, -0.1) is 0 Å². The highest BCUT2D eigenvalue weighted by Crippen LogP contribution is 2.40. The molecule has 0 amide bonds. The molecule has 64 heavy (non-hydrogen) atoms. The van der Waals surface area contributed by atoms with E-state index in [4.69, 9.17) is 19.9 Å². The fourth-order valence-corrected chi connectivity index (χ4v) is 9.16. The van der Waals surface area contributed by atoms with Crippen molar-refractivity contribution in [3.05, 3.63) is 231 Å². The van der Waals surface area contributed by atoms with Crippen LogP contribution in [-0.2, 0) is 0 Å². The first-order valence-electron chi connectivity index (χ1n) is 21.6. The number of hydrogen-bond donors (Lipinski definition) is 0. The van der Waals surface area contributed by atoms with Crippen molar-refractivity contribution in [2.75, 3.05) is 0 Å². The second-order valence-corrected chi connectivity index (χ2v) is 16.2. The minimum absolute atomic E-state index is 0.593. The first kappa shape index (κ1) is 37.2. The lowest BCUT2D eigenvalue weighted by atomic mass is 9.93. The molecular weight excluding hydrogens is 777 g/mol. The van der Waals surface area contributed by atoms with E-state index < -0.39 is 0 Å². The molecule has 4 heteroatoms. The Labute approximate surface area is 370 Å². The zero-order valence-corrected chi connectivity index (χ0v) is 34.7. The molecule has 0 aliphatic carbocycles. The van der Waals surface area contributed by atoms with Gasteiger partial charge in [-0.3, -0.25) is 4.98 Å². The van der Waals surface area contributed by atoms with E-state index in [1.807, 2.05) is 18.3 Å². The summed E-state index contributed by atoms with van der Waals surface area (Å²) in [4.78, 5) is 21.0. The largest absolute Gasteiger partial charge is 0.256 e. The summed E-state index contributed by atoms with van der Waals surface area (Å²) in [7, 11) is 0. The van der Waals surface area contributed by atoms with Gasteiger partial charge >= 0.3 is 0 Å². The van der Waals surface area contributed by atoms with Gasteiger partial charge in [0.15, 0.2) is 17.5 Å². The topological polar surface area (TPSA) is 51.6 Å². The maximum atomic E-state index is 5.43. The van der Waals surface area contributed by atoms with E-state index in [1.54, 1.807) is 0 Å². The summed E-state index contributed by atoms with van der Waals surface area (Å²) >= 11 is 0. The number of nitrogens with zero attached hydrogens (tertiary/aromatic N) is 4. The SMILES string of the molecule is c1ccc(-c2cc(-c3nc(-c4cccc(-c5ccc(-c6ccc7ccccc7c6)cc5)c4)nc(-c4ccccc4-c4cccc5ccccc45)n3)c3ccc4ccccc4c3c2)nc1. The zero-order valence-electron chi connectivity index (χ0n) is 34.7. The highest BCUT2D eigenvalue weighted by molar-refractivity contribution is 6.13. The molecule has 12 rings (SSSR count). The summed E-state index contributed by atoms with van der Waals surface area (Å²) in [6, 6.07) is 79.4. The molecule has 0 aliphatic rings. The third-order valence-electron chi connectivity index (χ3n) is 12.4. The van der Waals surface area contributed by atoms with Gasteiger partial charge in [-0.2, -0.15) is 0 Å². The van der Waals surface area contributed by atoms with Crippen LogP contribution in [0.1, 0.15) is 0 Å². The Hall–Kier alpha value is -8.60. The Bertz CT molecular complexity index is 3720. The Balaban J connectivity index is 1.05. The second-order valence-electron chi connectivity index (χ2n) is 16.2. The number of pyridine rings is 1. The summed E-state index contributed by atoms with van der Waals surface area (Å²) in [5.74, 6) is 1.79. The maximum absolute atomic E-state index is 5.43. The lowest BCUT2D eigenvalue weighted by Gasteiger charge is -2.16. The third kappa shape index (κ3) is 6.75. The van der Waals surface area contributed by atoms with Crippen molar-refractivity contribution >= 4 is 43.1 Å². The van der Waals surface area contributed by atoms with Crippen LogP contribution in [-0.4, -0.2) is 19.9 Å². The molecular formula is C60H38N4. The Morgan fingerprint density at radius 3 is 1.59 bits per heavy atom. The van der Waals surface area contributed by atoms with Crippen LogP contribution in [0.15, 0.2) is 231 Å². The maximum Gasteiger partial charge on any atom is 0.164 e. The molecule has 0 fully saturated rings. The molecule has 2 aromatic heterocycles. The summed E-state index contributed by atoms with van der Waals surface area (Å²) < 4.78 is 0. The van der Waals surface area contributed by atoms with Crippen molar-refractivity contribution in [2.45, 2.75) is 0 Å². The van der Waals surface area contributed by atoms with Gasteiger partial charge in [0.2, 0.25) is 0 Å². The van der Waals surface area contributed by atoms with Gasteiger partial charge in [-0.1, -0.05) is 188 Å². The van der Waals surface area contributed by atoms with E-state index in [-0.39, 0.29) is 0 Å². The minimum atomic E-state index is 0.593. The molecule has 2 heterocycles. The molecule has 0 atom stereocenters. The molecule has 0 unspecified atom stereocenters. The van der Waals surface area contributed by atoms with Gasteiger partial charge in [0.1, 0.15) is 0 Å². The Morgan fingerprint density at radius 1 is 0.234 bits per heavy atom. The average Bonchev–Trinajstić information content (AvgIpc) is 3.38. The average molecular weight is 815 g/mol. The van der Waals surface area contributed by atoms with Crippen molar-refractivity contribution < 1.29 is 0 Å². The smallest absolute Gasteiger partial charge is 0.164 e. The molecule has 10 aromatic carbocycles. The summed E-state index contributed by atoms with van der Waals surface area (Å²) in [5.41, 5.74) is 11.4. The minimum Gasteiger partial charge on any atom is -0.256 e. The first-order valence-corrected chi connectivity index (χ1v) is 21.6. The number of rotatable bonds is 7. The van der Waals surface area contributed by atoms with Gasteiger partial charge in [-0.25, -0.2) is 15.0 Å². The van der Waals surface area contributed by atoms with E-state index >= 15 is 0 Å². The zero-order chi connectivity index (χ0) is 42.4. The molecule has 4 nitrogen and oxygen atoms in total. The van der Waals surface area contributed by atoms with Crippen molar-refractivity contribution in [1.29, 1.82) is 0 Å². The predicted molar refractivity (Wildman–Crippen MR) is 266 cm³/mol. The third-order valence-corrected chi connectivity index (χ3v) is 12.4. The van der Waals surface area contributed by atoms with E-state index in [1.165, 1.54) is 38.1 Å². The number of benzene rings is 10. The van der Waals surface area contributed by atoms with Crippen LogP contribution in [0.2, 0.25) is 0 Å². The van der Waals surface area contributed by atoms with Crippen LogP contribution in [0.25, 0.3) is 122 Å². The molecule has 0 N–H and O–H groups in total. The molecule has 0 bridgehead atoms. The van der Waals surface area contributed by atoms with Crippen molar-refractivity contribution in [1.82, 2.24) is 19.9 Å². The van der Waals surface area contributed by atoms with E-state index in [9.17, 15) is 0 Å². The van der Waals surface area contributed by atoms with Crippen LogP contribution in [0.4, 0.5) is 0 Å². The molecule has 0 radical (unpaired) electrons. The van der Waals surface area contributed by atoms with Crippen molar-refractivity contribution in [2.24, 2.45) is 0 Å². The highest BCUT2D eigenvalue weighted by atomic mass is 15.0. The monoisotopic (exact) mass is 814 g/mol. The second kappa shape index (κ2) is 15.7. The van der Waals surface area contributed by atoms with Crippen LogP contribution in [0.5, 0.6) is 0 Å². The van der Waals surface area contributed by atoms with Crippen LogP contribution >= 0.6 is 0 Å². The van der Waals surface area contributed by atoms with Gasteiger partial charge < -0.3 is 0 Å². The summed E-state index contributed by atoms with van der Waals surface area (Å²) in [5, 5.41) is 9.33. The van der Waals surface area contributed by atoms with Gasteiger partial charge in [-0.05, 0) is 113 Å². The normalized spacial score (nSPS) is 11.4. The predicted octanol–water partition coefficient (Wildman–Crippen LogP) is 15.5. The Morgan fingerprint density at radius 2 is 0.797 bits per heavy atom. The molecule has 298 valence electrons. The lowest BCUT2D eigenvalue weighted by Crippen LogP contribution is -2.02. The number of fused-ring (bicyclic) bond motifs is 5. The fourth-order valence-electron chi connectivity index (χ4n) is 9.16. The Kier molecular flexibility index (Phi) is 9.12. The van der Waals surface area contributed by atoms with Crippen LogP contribution in [0, 0.1) is 0 Å². The standard InChI is InChI=1S/C60H38N4/c1-2-16-44-35-46(31-30-39(44)13-1)41-28-26-40(27-29-41)45-18-11-19-47(36-45)58-62-59(54-23-8-7-22-52(54)51-24-12-17-42-14-3-5-20-49(42)51)64-60(63-58)56-38-48(57-25-9-10-34-61-57)37-55-50-21-6-4-15-43(50)32-33-53(55)56/h1-38H. The molecule has 0 spiro atoms. The molecule has 12 aromatic rings. The van der Waals surface area contributed by atoms with Crippen LogP contribution in [0.3, 0.4) is 0 Å². The van der Waals surface area contributed by atoms with E-state index in [2.05, 4.69) is 212 Å². The van der Waals surface area contributed by atoms with Crippen molar-refractivity contribution in [3.8, 4) is 78.8 Å².